The molecule has 0 aliphatic heterocycles. The maximum absolute atomic E-state index is 12.8. The zero-order valence-corrected chi connectivity index (χ0v) is 15.5. The molecule has 1 amide bonds. The summed E-state index contributed by atoms with van der Waals surface area (Å²) in [5, 5.41) is 2.89. The minimum atomic E-state index is -0.406. The summed E-state index contributed by atoms with van der Waals surface area (Å²) in [6.45, 7) is 5.59. The van der Waals surface area contributed by atoms with Gasteiger partial charge in [-0.15, -0.1) is 0 Å². The molecule has 1 aromatic heterocycles. The van der Waals surface area contributed by atoms with E-state index >= 15 is 0 Å². The molecule has 138 valence electrons. The minimum Gasteiger partial charge on any atom is -0.369 e. The number of aromatic nitrogens is 1. The van der Waals surface area contributed by atoms with Crippen LogP contribution in [0.3, 0.4) is 0 Å². The number of carbonyl (C=O) groups excluding carboxylic acids is 2. The Hall–Kier alpha value is -1.92. The van der Waals surface area contributed by atoms with Crippen LogP contribution in [0, 0.1) is 0 Å². The van der Waals surface area contributed by atoms with Crippen molar-refractivity contribution in [2.45, 2.75) is 64.3 Å². The quantitative estimate of drug-likeness (QED) is 0.738. The number of ether oxygens (including phenoxy) is 1. The van der Waals surface area contributed by atoms with Gasteiger partial charge in [-0.05, 0) is 37.5 Å². The molecule has 3 N–H and O–H groups in total. The van der Waals surface area contributed by atoms with Gasteiger partial charge in [-0.2, -0.15) is 0 Å². The Bertz CT molecular complexity index is 646. The van der Waals surface area contributed by atoms with Crippen molar-refractivity contribution in [3.05, 3.63) is 35.7 Å². The maximum Gasteiger partial charge on any atom is 0.217 e. The van der Waals surface area contributed by atoms with Crippen LogP contribution in [-0.4, -0.2) is 40.5 Å². The lowest BCUT2D eigenvalue weighted by Crippen LogP contribution is -2.57. The van der Waals surface area contributed by atoms with Gasteiger partial charge in [0.05, 0.1) is 23.9 Å². The molecule has 6 heteroatoms. The zero-order valence-electron chi connectivity index (χ0n) is 15.5. The highest BCUT2D eigenvalue weighted by Gasteiger charge is 2.35. The number of rotatable bonds is 7. The average molecular weight is 347 g/mol. The fourth-order valence-electron chi connectivity index (χ4n) is 3.28. The van der Waals surface area contributed by atoms with Gasteiger partial charge in [-0.25, -0.2) is 0 Å². The second-order valence-corrected chi connectivity index (χ2v) is 6.66. The summed E-state index contributed by atoms with van der Waals surface area (Å²) in [6.07, 6.45) is 5.49. The van der Waals surface area contributed by atoms with E-state index in [2.05, 4.69) is 19.2 Å². The minimum absolute atomic E-state index is 0.0395. The zero-order chi connectivity index (χ0) is 18.6. The lowest BCUT2D eigenvalue weighted by atomic mass is 9.85. The van der Waals surface area contributed by atoms with Crippen LogP contribution in [0.5, 0.6) is 0 Å². The fourth-order valence-corrected chi connectivity index (χ4v) is 3.28. The molecule has 0 spiro atoms. The van der Waals surface area contributed by atoms with Crippen molar-refractivity contribution < 1.29 is 14.3 Å². The van der Waals surface area contributed by atoms with E-state index < -0.39 is 6.10 Å². The van der Waals surface area contributed by atoms with Crippen molar-refractivity contribution in [2.75, 3.05) is 0 Å². The van der Waals surface area contributed by atoms with Crippen LogP contribution < -0.4 is 11.1 Å². The van der Waals surface area contributed by atoms with E-state index in [1.54, 1.807) is 10.6 Å². The second kappa shape index (κ2) is 8.45. The lowest BCUT2D eigenvalue weighted by Gasteiger charge is -2.36. The van der Waals surface area contributed by atoms with Crippen molar-refractivity contribution >= 4 is 11.7 Å². The molecule has 0 bridgehead atoms. The molecule has 1 aliphatic carbocycles. The van der Waals surface area contributed by atoms with Gasteiger partial charge < -0.3 is 20.4 Å². The van der Waals surface area contributed by atoms with Gasteiger partial charge in [0.2, 0.25) is 11.7 Å². The van der Waals surface area contributed by atoms with Gasteiger partial charge in [0.25, 0.3) is 0 Å². The molecular formula is C19H29N3O3. The number of hydrogen-bond acceptors (Lipinski definition) is 4. The van der Waals surface area contributed by atoms with Crippen molar-refractivity contribution in [1.82, 2.24) is 9.88 Å². The third-order valence-electron chi connectivity index (χ3n) is 4.73. The molecule has 0 saturated carbocycles. The molecule has 0 unspecified atom stereocenters. The van der Waals surface area contributed by atoms with Crippen molar-refractivity contribution in [3.8, 4) is 0 Å². The predicted octanol–water partition coefficient (Wildman–Crippen LogP) is 1.94. The lowest BCUT2D eigenvalue weighted by molar-refractivity contribution is -0.121. The van der Waals surface area contributed by atoms with Crippen LogP contribution in [-0.2, 0) is 16.6 Å². The third-order valence-corrected chi connectivity index (χ3v) is 4.73. The molecule has 3 atom stereocenters. The van der Waals surface area contributed by atoms with Crippen LogP contribution >= 0.6 is 0 Å². The molecule has 2 rings (SSSR count). The van der Waals surface area contributed by atoms with Gasteiger partial charge in [0.15, 0.2) is 0 Å². The van der Waals surface area contributed by atoms with Crippen LogP contribution in [0.2, 0.25) is 0 Å². The highest BCUT2D eigenvalue weighted by molar-refractivity contribution is 6.08. The predicted molar refractivity (Wildman–Crippen MR) is 97.3 cm³/mol. The number of hydrogen-bond donors (Lipinski definition) is 2. The Labute approximate surface area is 149 Å². The highest BCUT2D eigenvalue weighted by Crippen LogP contribution is 2.25. The average Bonchev–Trinajstić information content (AvgIpc) is 3.00. The van der Waals surface area contributed by atoms with E-state index in [0.717, 1.165) is 12.8 Å². The van der Waals surface area contributed by atoms with Crippen LogP contribution in [0.1, 0.15) is 50.5 Å². The van der Waals surface area contributed by atoms with Gasteiger partial charge in [-0.1, -0.05) is 13.8 Å². The molecule has 0 aromatic carbocycles. The van der Waals surface area contributed by atoms with Gasteiger partial charge >= 0.3 is 0 Å². The van der Waals surface area contributed by atoms with Crippen LogP contribution in [0.15, 0.2) is 30.0 Å². The number of nitrogens with two attached hydrogens (primary N) is 1. The second-order valence-electron chi connectivity index (χ2n) is 6.66. The maximum atomic E-state index is 12.8. The Morgan fingerprint density at radius 2 is 2.08 bits per heavy atom. The van der Waals surface area contributed by atoms with Crippen LogP contribution in [0.25, 0.3) is 0 Å². The summed E-state index contributed by atoms with van der Waals surface area (Å²) in [6, 6.07) is 2.94. The molecule has 0 saturated heterocycles. The number of nitrogens with one attached hydrogen (secondary N) is 1. The van der Waals surface area contributed by atoms with E-state index in [1.807, 2.05) is 25.4 Å². The standard InChI is InChI=1S/C19H29N3O3/c1-5-14(6-2)25-17-11-13(10-15(20)18(17)21-12(3)23)19(24)16-8-7-9-22(16)4/h7-9,11,14-15,17-18H,5-6,10,20H2,1-4H3,(H,21,23)/t15-,17+,18+/m0/s1. The SMILES string of the molecule is CCC(CC)O[C@@H]1C=C(C(=O)c2cccn2C)C[C@H](N)[C@H]1NC(C)=O. The first kappa shape index (κ1) is 19.4. The third kappa shape index (κ3) is 4.58. The molecule has 0 fully saturated rings. The largest absolute Gasteiger partial charge is 0.369 e. The topological polar surface area (TPSA) is 86.3 Å². The van der Waals surface area contributed by atoms with Crippen molar-refractivity contribution in [2.24, 2.45) is 12.8 Å². The van der Waals surface area contributed by atoms with Crippen molar-refractivity contribution in [3.63, 3.8) is 0 Å². The summed E-state index contributed by atoms with van der Waals surface area (Å²) >= 11 is 0. The number of aryl methyl sites for hydroxylation is 1. The van der Waals surface area contributed by atoms with E-state index in [9.17, 15) is 9.59 Å². The smallest absolute Gasteiger partial charge is 0.217 e. The molecule has 25 heavy (non-hydrogen) atoms. The van der Waals surface area contributed by atoms with E-state index in [4.69, 9.17) is 10.5 Å². The molecular weight excluding hydrogens is 318 g/mol. The Morgan fingerprint density at radius 1 is 1.40 bits per heavy atom. The summed E-state index contributed by atoms with van der Waals surface area (Å²) in [5.41, 5.74) is 7.57. The van der Waals surface area contributed by atoms with E-state index in [0.29, 0.717) is 17.7 Å². The number of Topliss-reactive ketones (excluding diaryl/α,β-unsaturated/α-hetero) is 1. The summed E-state index contributed by atoms with van der Waals surface area (Å²) in [7, 11) is 1.84. The molecule has 1 aliphatic rings. The molecule has 6 nitrogen and oxygen atoms in total. The fraction of sp³-hybridized carbons (Fsp3) is 0.579. The Morgan fingerprint density at radius 3 is 2.60 bits per heavy atom. The summed E-state index contributed by atoms with van der Waals surface area (Å²) in [5.74, 6) is -0.188. The Balaban J connectivity index is 2.31. The number of amides is 1. The number of carbonyl (C=O) groups is 2. The molecule has 1 heterocycles. The van der Waals surface area contributed by atoms with Gasteiger partial charge in [0, 0.05) is 31.8 Å². The number of ketones is 1. The van der Waals surface area contributed by atoms with E-state index in [1.165, 1.54) is 6.92 Å². The summed E-state index contributed by atoms with van der Waals surface area (Å²) in [4.78, 5) is 24.4. The van der Waals surface area contributed by atoms with Gasteiger partial charge in [0.1, 0.15) is 0 Å². The van der Waals surface area contributed by atoms with Gasteiger partial charge in [-0.3, -0.25) is 9.59 Å². The molecule has 0 radical (unpaired) electrons. The number of nitrogens with zero attached hydrogens (tertiary/aromatic N) is 1. The van der Waals surface area contributed by atoms with Crippen LogP contribution in [0.4, 0.5) is 0 Å². The first-order valence-electron chi connectivity index (χ1n) is 8.92. The first-order chi connectivity index (χ1) is 11.9. The summed E-state index contributed by atoms with van der Waals surface area (Å²) < 4.78 is 7.97. The van der Waals surface area contributed by atoms with E-state index in [-0.39, 0.29) is 29.9 Å². The van der Waals surface area contributed by atoms with Crippen molar-refractivity contribution in [1.29, 1.82) is 0 Å². The highest BCUT2D eigenvalue weighted by atomic mass is 16.5. The Kier molecular flexibility index (Phi) is 6.56. The normalized spacial score (nSPS) is 23.4. The first-order valence-corrected chi connectivity index (χ1v) is 8.92. The monoisotopic (exact) mass is 347 g/mol. The molecule has 1 aromatic rings.